The Kier molecular flexibility index (Phi) is 4.74. The van der Waals surface area contributed by atoms with E-state index >= 15 is 0 Å². The minimum Gasteiger partial charge on any atom is -0.497 e. The second kappa shape index (κ2) is 6.52. The molecule has 4 nitrogen and oxygen atoms in total. The van der Waals surface area contributed by atoms with Crippen molar-refractivity contribution in [2.75, 3.05) is 19.0 Å². The Morgan fingerprint density at radius 3 is 3.11 bits per heavy atom. The molecule has 1 saturated heterocycles. The van der Waals surface area contributed by atoms with Gasteiger partial charge in [-0.1, -0.05) is 0 Å². The number of hydrogen-bond acceptors (Lipinski definition) is 3. The van der Waals surface area contributed by atoms with Gasteiger partial charge in [-0.05, 0) is 31.4 Å². The van der Waals surface area contributed by atoms with Gasteiger partial charge in [0.15, 0.2) is 0 Å². The fourth-order valence-corrected chi connectivity index (χ4v) is 2.10. The number of anilines is 1. The molecule has 2 rings (SSSR count). The van der Waals surface area contributed by atoms with Crippen molar-refractivity contribution < 1.29 is 18.7 Å². The summed E-state index contributed by atoms with van der Waals surface area (Å²) in [7, 11) is 1.50. The molecule has 0 radical (unpaired) electrons. The van der Waals surface area contributed by atoms with E-state index in [0.717, 1.165) is 19.4 Å². The van der Waals surface area contributed by atoms with E-state index in [9.17, 15) is 9.18 Å². The highest BCUT2D eigenvalue weighted by atomic mass is 19.1. The predicted octanol–water partition coefficient (Wildman–Crippen LogP) is 2.73. The lowest BCUT2D eigenvalue weighted by Gasteiger charge is -2.10. The van der Waals surface area contributed by atoms with E-state index < -0.39 is 5.82 Å². The van der Waals surface area contributed by atoms with E-state index in [0.29, 0.717) is 18.6 Å². The zero-order chi connectivity index (χ0) is 13.7. The number of rotatable bonds is 5. The van der Waals surface area contributed by atoms with E-state index in [2.05, 4.69) is 5.32 Å². The first-order valence-corrected chi connectivity index (χ1v) is 6.44. The van der Waals surface area contributed by atoms with Gasteiger partial charge < -0.3 is 14.8 Å². The maximum atomic E-state index is 13.5. The summed E-state index contributed by atoms with van der Waals surface area (Å²) in [5.41, 5.74) is 0.150. The van der Waals surface area contributed by atoms with Crippen LogP contribution in [0.1, 0.15) is 25.7 Å². The summed E-state index contributed by atoms with van der Waals surface area (Å²) in [5.74, 6) is -0.162. The summed E-state index contributed by atoms with van der Waals surface area (Å²) in [5, 5.41) is 2.56. The highest BCUT2D eigenvalue weighted by Gasteiger charge is 2.17. The van der Waals surface area contributed by atoms with Crippen molar-refractivity contribution in [1.82, 2.24) is 0 Å². The average Bonchev–Trinajstić information content (AvgIpc) is 2.92. The van der Waals surface area contributed by atoms with Crippen LogP contribution in [-0.2, 0) is 9.53 Å². The predicted molar refractivity (Wildman–Crippen MR) is 69.8 cm³/mol. The van der Waals surface area contributed by atoms with E-state index in [-0.39, 0.29) is 17.7 Å². The molecule has 0 aromatic heterocycles. The van der Waals surface area contributed by atoms with Crippen molar-refractivity contribution in [1.29, 1.82) is 0 Å². The van der Waals surface area contributed by atoms with E-state index in [1.807, 2.05) is 0 Å². The number of carbonyl (C=O) groups excluding carboxylic acids is 1. The molecule has 0 saturated carbocycles. The lowest BCUT2D eigenvalue weighted by Crippen LogP contribution is -2.16. The smallest absolute Gasteiger partial charge is 0.224 e. The molecule has 1 aliphatic heterocycles. The van der Waals surface area contributed by atoms with Crippen molar-refractivity contribution in [3.05, 3.63) is 24.0 Å². The van der Waals surface area contributed by atoms with Crippen LogP contribution in [0, 0.1) is 5.82 Å². The Bertz CT molecular complexity index is 444. The molecular weight excluding hydrogens is 249 g/mol. The molecule has 0 aliphatic carbocycles. The van der Waals surface area contributed by atoms with Crippen LogP contribution in [0.2, 0.25) is 0 Å². The SMILES string of the molecule is COc1ccc(F)c(NC(=O)CC[C@H]2CCCO2)c1. The molecule has 0 unspecified atom stereocenters. The Hall–Kier alpha value is -1.62. The quantitative estimate of drug-likeness (QED) is 0.892. The molecule has 1 amide bonds. The monoisotopic (exact) mass is 267 g/mol. The molecule has 1 heterocycles. The molecule has 0 spiro atoms. The molecule has 5 heteroatoms. The van der Waals surface area contributed by atoms with Crippen molar-refractivity contribution >= 4 is 11.6 Å². The third kappa shape index (κ3) is 3.92. The van der Waals surface area contributed by atoms with Crippen LogP contribution < -0.4 is 10.1 Å². The number of nitrogens with one attached hydrogen (secondary N) is 1. The number of halogens is 1. The number of benzene rings is 1. The highest BCUT2D eigenvalue weighted by Crippen LogP contribution is 2.22. The lowest BCUT2D eigenvalue weighted by atomic mass is 10.1. The molecule has 1 aromatic rings. The summed E-state index contributed by atoms with van der Waals surface area (Å²) < 4.78 is 23.9. The first kappa shape index (κ1) is 13.8. The Balaban J connectivity index is 1.87. The highest BCUT2D eigenvalue weighted by molar-refractivity contribution is 5.91. The molecule has 1 N–H and O–H groups in total. The van der Waals surface area contributed by atoms with E-state index in [4.69, 9.17) is 9.47 Å². The summed E-state index contributed by atoms with van der Waals surface area (Å²) in [6.07, 6.45) is 3.23. The van der Waals surface area contributed by atoms with Crippen LogP contribution in [-0.4, -0.2) is 25.7 Å². The average molecular weight is 267 g/mol. The van der Waals surface area contributed by atoms with Gasteiger partial charge in [-0.2, -0.15) is 0 Å². The topological polar surface area (TPSA) is 47.6 Å². The Labute approximate surface area is 111 Å². The van der Waals surface area contributed by atoms with E-state index in [1.165, 1.54) is 25.3 Å². The molecule has 1 atom stereocenters. The largest absolute Gasteiger partial charge is 0.497 e. The zero-order valence-electron chi connectivity index (χ0n) is 10.9. The molecule has 1 aliphatic rings. The van der Waals surface area contributed by atoms with Gasteiger partial charge in [-0.25, -0.2) is 4.39 Å². The summed E-state index contributed by atoms with van der Waals surface area (Å²) in [6.45, 7) is 0.775. The molecular formula is C14H18FNO3. The number of carbonyl (C=O) groups is 1. The number of methoxy groups -OCH3 is 1. The third-order valence-corrected chi connectivity index (χ3v) is 3.16. The van der Waals surface area contributed by atoms with Crippen molar-refractivity contribution in [3.8, 4) is 5.75 Å². The van der Waals surface area contributed by atoms with Gasteiger partial charge in [0.25, 0.3) is 0 Å². The normalized spacial score (nSPS) is 18.3. The first-order valence-electron chi connectivity index (χ1n) is 6.44. The Morgan fingerprint density at radius 2 is 2.42 bits per heavy atom. The zero-order valence-corrected chi connectivity index (χ0v) is 10.9. The summed E-state index contributed by atoms with van der Waals surface area (Å²) in [6, 6.07) is 4.26. The second-order valence-corrected chi connectivity index (χ2v) is 4.57. The van der Waals surface area contributed by atoms with Crippen LogP contribution in [0.25, 0.3) is 0 Å². The molecule has 1 fully saturated rings. The standard InChI is InChI=1S/C14H18FNO3/c1-18-11-4-6-12(15)13(9-11)16-14(17)7-5-10-3-2-8-19-10/h4,6,9-10H,2-3,5,7-8H2,1H3,(H,16,17)/t10-/m1/s1. The number of ether oxygens (including phenoxy) is 2. The van der Waals surface area contributed by atoms with Crippen LogP contribution in [0.3, 0.4) is 0 Å². The van der Waals surface area contributed by atoms with Gasteiger partial charge >= 0.3 is 0 Å². The van der Waals surface area contributed by atoms with Gasteiger partial charge in [-0.3, -0.25) is 4.79 Å². The third-order valence-electron chi connectivity index (χ3n) is 3.16. The van der Waals surface area contributed by atoms with Gasteiger partial charge in [0.05, 0.1) is 18.9 Å². The molecule has 0 bridgehead atoms. The summed E-state index contributed by atoms with van der Waals surface area (Å²) >= 11 is 0. The van der Waals surface area contributed by atoms with Gasteiger partial charge in [0.1, 0.15) is 11.6 Å². The second-order valence-electron chi connectivity index (χ2n) is 4.57. The maximum Gasteiger partial charge on any atom is 0.224 e. The van der Waals surface area contributed by atoms with Crippen molar-refractivity contribution in [2.24, 2.45) is 0 Å². The minimum absolute atomic E-state index is 0.150. The fraction of sp³-hybridized carbons (Fsp3) is 0.500. The minimum atomic E-state index is -0.466. The van der Waals surface area contributed by atoms with Crippen LogP contribution in [0.15, 0.2) is 18.2 Å². The maximum absolute atomic E-state index is 13.5. The molecule has 104 valence electrons. The van der Waals surface area contributed by atoms with Crippen LogP contribution in [0.4, 0.5) is 10.1 Å². The summed E-state index contributed by atoms with van der Waals surface area (Å²) in [4.78, 5) is 11.7. The first-order chi connectivity index (χ1) is 9.19. The van der Waals surface area contributed by atoms with E-state index in [1.54, 1.807) is 0 Å². The lowest BCUT2D eigenvalue weighted by molar-refractivity contribution is -0.116. The Morgan fingerprint density at radius 1 is 1.58 bits per heavy atom. The molecule has 19 heavy (non-hydrogen) atoms. The van der Waals surface area contributed by atoms with Gasteiger partial charge in [0.2, 0.25) is 5.91 Å². The fourth-order valence-electron chi connectivity index (χ4n) is 2.10. The van der Waals surface area contributed by atoms with Crippen molar-refractivity contribution in [2.45, 2.75) is 31.8 Å². The van der Waals surface area contributed by atoms with Crippen molar-refractivity contribution in [3.63, 3.8) is 0 Å². The van der Waals surface area contributed by atoms with Crippen LogP contribution >= 0.6 is 0 Å². The van der Waals surface area contributed by atoms with Gasteiger partial charge in [-0.15, -0.1) is 0 Å². The van der Waals surface area contributed by atoms with Crippen LogP contribution in [0.5, 0.6) is 5.75 Å². The number of amides is 1. The number of hydrogen-bond donors (Lipinski definition) is 1. The van der Waals surface area contributed by atoms with Gasteiger partial charge in [0, 0.05) is 19.1 Å². The molecule has 1 aromatic carbocycles.